The molecule has 0 bridgehead atoms. The number of nitrogens with zero attached hydrogens (tertiary/aromatic N) is 1. The Labute approximate surface area is 98.1 Å². The largest absolute Gasteiger partial charge is 0.508 e. The van der Waals surface area contributed by atoms with Gasteiger partial charge in [0.15, 0.2) is 0 Å². The van der Waals surface area contributed by atoms with Crippen LogP contribution in [-0.2, 0) is 0 Å². The van der Waals surface area contributed by atoms with E-state index in [1.54, 1.807) is 6.07 Å². The van der Waals surface area contributed by atoms with Gasteiger partial charge in [-0.2, -0.15) is 0 Å². The lowest BCUT2D eigenvalue weighted by Crippen LogP contribution is -2.25. The van der Waals surface area contributed by atoms with Gasteiger partial charge in [-0.1, -0.05) is 12.1 Å². The molecule has 90 valence electrons. The van der Waals surface area contributed by atoms with E-state index >= 15 is 0 Å². The summed E-state index contributed by atoms with van der Waals surface area (Å²) >= 11 is 0. The van der Waals surface area contributed by atoms with Crippen LogP contribution >= 0.6 is 0 Å². The summed E-state index contributed by atoms with van der Waals surface area (Å²) in [5.74, 6) is 0.341. The number of rotatable bonds is 6. The van der Waals surface area contributed by atoms with E-state index in [1.165, 1.54) is 0 Å². The topological polar surface area (TPSA) is 35.5 Å². The first-order valence-electron chi connectivity index (χ1n) is 5.79. The molecule has 3 nitrogen and oxygen atoms in total. The first-order valence-corrected chi connectivity index (χ1v) is 5.79. The fraction of sp³-hybridized carbons (Fsp3) is 0.538. The third-order valence-electron chi connectivity index (χ3n) is 2.95. The van der Waals surface area contributed by atoms with Crippen LogP contribution in [0.25, 0.3) is 0 Å². The molecule has 0 aliphatic heterocycles. The highest BCUT2D eigenvalue weighted by Gasteiger charge is 2.11. The van der Waals surface area contributed by atoms with E-state index < -0.39 is 0 Å². The number of nitrogens with one attached hydrogen (secondary N) is 1. The highest BCUT2D eigenvalue weighted by Crippen LogP contribution is 2.22. The Bertz CT molecular complexity index is 315. The summed E-state index contributed by atoms with van der Waals surface area (Å²) in [4.78, 5) is 2.30. The molecule has 3 heteroatoms. The minimum Gasteiger partial charge on any atom is -0.508 e. The molecule has 0 spiro atoms. The van der Waals surface area contributed by atoms with Gasteiger partial charge in [-0.05, 0) is 58.2 Å². The summed E-state index contributed by atoms with van der Waals surface area (Å²) in [6.07, 6.45) is 1.14. The summed E-state index contributed by atoms with van der Waals surface area (Å²) in [7, 11) is 4.09. The predicted octanol–water partition coefficient (Wildman–Crippen LogP) is 1.99. The molecule has 1 aromatic carbocycles. The van der Waals surface area contributed by atoms with Gasteiger partial charge in [-0.25, -0.2) is 0 Å². The zero-order chi connectivity index (χ0) is 12.0. The molecule has 0 fully saturated rings. The molecular weight excluding hydrogens is 200 g/mol. The molecule has 16 heavy (non-hydrogen) atoms. The van der Waals surface area contributed by atoms with Gasteiger partial charge in [0.05, 0.1) is 0 Å². The van der Waals surface area contributed by atoms with Gasteiger partial charge in [0, 0.05) is 6.04 Å². The Balaban J connectivity index is 2.52. The zero-order valence-corrected chi connectivity index (χ0v) is 10.4. The molecule has 1 atom stereocenters. The molecule has 1 aromatic rings. The Morgan fingerprint density at radius 1 is 1.44 bits per heavy atom. The van der Waals surface area contributed by atoms with Crippen LogP contribution in [0.3, 0.4) is 0 Å². The lowest BCUT2D eigenvalue weighted by Gasteiger charge is -2.25. The molecule has 0 aliphatic rings. The smallest absolute Gasteiger partial charge is 0.115 e. The summed E-state index contributed by atoms with van der Waals surface area (Å²) in [5, 5.41) is 12.6. The van der Waals surface area contributed by atoms with Gasteiger partial charge in [0.25, 0.3) is 0 Å². The van der Waals surface area contributed by atoms with Crippen LogP contribution in [0.1, 0.15) is 24.9 Å². The molecule has 2 N–H and O–H groups in total. The van der Waals surface area contributed by atoms with E-state index in [0.717, 1.165) is 25.1 Å². The molecule has 0 saturated carbocycles. The molecule has 0 aliphatic carbocycles. The van der Waals surface area contributed by atoms with E-state index in [4.69, 9.17) is 0 Å². The van der Waals surface area contributed by atoms with Gasteiger partial charge in [-0.15, -0.1) is 0 Å². The second-order valence-corrected chi connectivity index (χ2v) is 4.21. The van der Waals surface area contributed by atoms with Crippen molar-refractivity contribution >= 4 is 0 Å². The Kier molecular flexibility index (Phi) is 5.29. The van der Waals surface area contributed by atoms with Crippen molar-refractivity contribution < 1.29 is 5.11 Å². The molecule has 0 saturated heterocycles. The summed E-state index contributed by atoms with van der Waals surface area (Å²) < 4.78 is 0. The van der Waals surface area contributed by atoms with Crippen molar-refractivity contribution in [2.45, 2.75) is 19.4 Å². The Morgan fingerprint density at radius 3 is 2.81 bits per heavy atom. The van der Waals surface area contributed by atoms with Crippen LogP contribution in [-0.4, -0.2) is 37.2 Å². The minimum atomic E-state index is 0.337. The van der Waals surface area contributed by atoms with E-state index in [2.05, 4.69) is 30.3 Å². The van der Waals surface area contributed by atoms with Crippen LogP contribution in [0.15, 0.2) is 24.3 Å². The zero-order valence-electron chi connectivity index (χ0n) is 10.4. The molecule has 0 radical (unpaired) electrons. The van der Waals surface area contributed by atoms with Crippen LogP contribution in [0.4, 0.5) is 0 Å². The second-order valence-electron chi connectivity index (χ2n) is 4.21. The van der Waals surface area contributed by atoms with Crippen molar-refractivity contribution in [2.75, 3.05) is 27.2 Å². The fourth-order valence-corrected chi connectivity index (χ4v) is 1.74. The number of aromatic hydroxyl groups is 1. The molecule has 0 heterocycles. The second kappa shape index (κ2) is 6.51. The first kappa shape index (κ1) is 13.0. The van der Waals surface area contributed by atoms with Crippen molar-refractivity contribution in [3.05, 3.63) is 29.8 Å². The van der Waals surface area contributed by atoms with E-state index in [0.29, 0.717) is 11.8 Å². The predicted molar refractivity (Wildman–Crippen MR) is 67.7 cm³/mol. The fourth-order valence-electron chi connectivity index (χ4n) is 1.74. The molecule has 0 amide bonds. The number of hydrogen-bond acceptors (Lipinski definition) is 3. The Hall–Kier alpha value is -1.06. The highest BCUT2D eigenvalue weighted by molar-refractivity contribution is 5.29. The molecule has 1 rings (SSSR count). The van der Waals surface area contributed by atoms with Crippen LogP contribution in [0, 0.1) is 0 Å². The molecular formula is C13H22N2O. The van der Waals surface area contributed by atoms with Crippen molar-refractivity contribution in [3.8, 4) is 5.75 Å². The number of hydrogen-bond donors (Lipinski definition) is 2. The Morgan fingerprint density at radius 2 is 2.19 bits per heavy atom. The SMILES string of the molecule is CNCCCN(C)C(C)c1cccc(O)c1. The maximum absolute atomic E-state index is 9.43. The van der Waals surface area contributed by atoms with Gasteiger partial charge in [-0.3, -0.25) is 4.90 Å². The maximum Gasteiger partial charge on any atom is 0.115 e. The quantitative estimate of drug-likeness (QED) is 0.723. The van der Waals surface area contributed by atoms with Crippen LogP contribution < -0.4 is 5.32 Å². The normalized spacial score (nSPS) is 13.0. The van der Waals surface area contributed by atoms with Crippen LogP contribution in [0.5, 0.6) is 5.75 Å². The lowest BCUT2D eigenvalue weighted by atomic mass is 10.1. The monoisotopic (exact) mass is 222 g/mol. The summed E-state index contributed by atoms with van der Waals surface area (Å²) in [6, 6.07) is 7.82. The van der Waals surface area contributed by atoms with Crippen molar-refractivity contribution in [3.63, 3.8) is 0 Å². The third kappa shape index (κ3) is 3.83. The van der Waals surface area contributed by atoms with Crippen molar-refractivity contribution in [2.24, 2.45) is 0 Å². The van der Waals surface area contributed by atoms with E-state index in [-0.39, 0.29) is 0 Å². The number of benzene rings is 1. The number of phenols is 1. The average molecular weight is 222 g/mol. The van der Waals surface area contributed by atoms with Crippen molar-refractivity contribution in [1.82, 2.24) is 10.2 Å². The minimum absolute atomic E-state index is 0.337. The third-order valence-corrected chi connectivity index (χ3v) is 2.95. The molecule has 0 aromatic heterocycles. The summed E-state index contributed by atoms with van der Waals surface area (Å²) in [5.41, 5.74) is 1.16. The number of phenolic OH excluding ortho intramolecular Hbond substituents is 1. The maximum atomic E-state index is 9.43. The standard InChI is InChI=1S/C13H22N2O/c1-11(15(3)9-5-8-14-2)12-6-4-7-13(16)10-12/h4,6-7,10-11,14,16H,5,8-9H2,1-3H3. The lowest BCUT2D eigenvalue weighted by molar-refractivity contribution is 0.257. The summed E-state index contributed by atoms with van der Waals surface area (Å²) in [6.45, 7) is 4.25. The molecule has 1 unspecified atom stereocenters. The van der Waals surface area contributed by atoms with E-state index in [9.17, 15) is 5.11 Å². The van der Waals surface area contributed by atoms with E-state index in [1.807, 2.05) is 19.2 Å². The first-order chi connectivity index (χ1) is 7.65. The van der Waals surface area contributed by atoms with Gasteiger partial charge in [0.1, 0.15) is 5.75 Å². The van der Waals surface area contributed by atoms with Gasteiger partial charge >= 0.3 is 0 Å². The van der Waals surface area contributed by atoms with Gasteiger partial charge < -0.3 is 10.4 Å². The van der Waals surface area contributed by atoms with Crippen LogP contribution in [0.2, 0.25) is 0 Å². The van der Waals surface area contributed by atoms with Crippen molar-refractivity contribution in [1.29, 1.82) is 0 Å². The average Bonchev–Trinajstić information content (AvgIpc) is 2.28. The highest BCUT2D eigenvalue weighted by atomic mass is 16.3. The van der Waals surface area contributed by atoms with Gasteiger partial charge in [0.2, 0.25) is 0 Å².